The molecule has 2 saturated heterocycles. The van der Waals surface area contributed by atoms with Crippen molar-refractivity contribution < 1.29 is 27.4 Å². The summed E-state index contributed by atoms with van der Waals surface area (Å²) in [5.41, 5.74) is 5.91. The molecule has 54 heavy (non-hydrogen) atoms. The first kappa shape index (κ1) is 38.7. The van der Waals surface area contributed by atoms with E-state index in [0.717, 1.165) is 61.6 Å². The Hall–Kier alpha value is -4.98. The van der Waals surface area contributed by atoms with Crippen LogP contribution in [0.5, 0.6) is 5.88 Å². The van der Waals surface area contributed by atoms with Crippen LogP contribution in [0.2, 0.25) is 5.02 Å². The number of alkyl halides is 2. The molecule has 2 aliphatic heterocycles. The second-order valence-corrected chi connectivity index (χ2v) is 14.0. The number of aryl methyl sites for hydroxylation is 2. The predicted octanol–water partition coefficient (Wildman–Crippen LogP) is 9.19. The molecule has 1 atom stereocenters. The van der Waals surface area contributed by atoms with Gasteiger partial charge in [-0.15, -0.1) is 0 Å². The van der Waals surface area contributed by atoms with E-state index in [1.807, 2.05) is 12.1 Å². The number of nitrogens with one attached hydrogen (secondary N) is 3. The highest BCUT2D eigenvalue weighted by Crippen LogP contribution is 2.32. The van der Waals surface area contributed by atoms with Crippen molar-refractivity contribution in [2.45, 2.75) is 71.6 Å². The molecule has 0 saturated carbocycles. The first-order chi connectivity index (χ1) is 26.1. The number of carbonyl (C=O) groups excluding carboxylic acids is 1. The zero-order chi connectivity index (χ0) is 38.2. The molecule has 0 bridgehead atoms. The molecule has 0 aliphatic carbocycles. The maximum absolute atomic E-state index is 14.0. The van der Waals surface area contributed by atoms with Gasteiger partial charge in [-0.25, -0.2) is 23.1 Å². The average Bonchev–Trinajstić information content (AvgIpc) is 3.73. The minimum absolute atomic E-state index is 0.120. The number of hydrogen-bond donors (Lipinski definition) is 3. The Bertz CT molecular complexity index is 2180. The van der Waals surface area contributed by atoms with Crippen LogP contribution in [0.25, 0.3) is 21.9 Å². The molecular weight excluding hydrogens is 719 g/mol. The SMILES string of the molecule is C[C@@H]1CCO1.Cc1[nH]nc2c(C(F)F)cc(NC=O)cc12.Cc1ccc2nc(CN3CCC(c4cccc(OCc5ccc(Cl)cc5F)n4)CC3)[nH]c2c1. The van der Waals surface area contributed by atoms with E-state index in [0.29, 0.717) is 51.7 Å². The summed E-state index contributed by atoms with van der Waals surface area (Å²) in [5, 5.41) is 9.78. The number of likely N-dealkylation sites (tertiary alicyclic amines) is 1. The van der Waals surface area contributed by atoms with Gasteiger partial charge in [0.1, 0.15) is 23.8 Å². The molecule has 10 nitrogen and oxygen atoms in total. The zero-order valence-corrected chi connectivity index (χ0v) is 31.1. The largest absolute Gasteiger partial charge is 0.473 e. The van der Waals surface area contributed by atoms with Crippen LogP contribution in [-0.4, -0.2) is 62.3 Å². The van der Waals surface area contributed by atoms with Crippen molar-refractivity contribution in [3.8, 4) is 5.88 Å². The van der Waals surface area contributed by atoms with Gasteiger partial charge >= 0.3 is 0 Å². The Labute approximate surface area is 316 Å². The fourth-order valence-electron chi connectivity index (χ4n) is 6.32. The molecule has 0 spiro atoms. The minimum atomic E-state index is -2.63. The number of amides is 1. The Balaban J connectivity index is 0.000000195. The third-order valence-electron chi connectivity index (χ3n) is 9.47. The van der Waals surface area contributed by atoms with Crippen LogP contribution in [0.3, 0.4) is 0 Å². The first-order valence-electron chi connectivity index (χ1n) is 17.9. The third-order valence-corrected chi connectivity index (χ3v) is 9.70. The van der Waals surface area contributed by atoms with Gasteiger partial charge in [0.25, 0.3) is 6.43 Å². The molecule has 3 aromatic heterocycles. The maximum Gasteiger partial charge on any atom is 0.266 e. The van der Waals surface area contributed by atoms with Crippen molar-refractivity contribution in [2.24, 2.45) is 0 Å². The van der Waals surface area contributed by atoms with Crippen molar-refractivity contribution in [3.63, 3.8) is 0 Å². The number of ether oxygens (including phenoxy) is 2. The highest BCUT2D eigenvalue weighted by Gasteiger charge is 2.23. The van der Waals surface area contributed by atoms with E-state index in [1.165, 1.54) is 24.1 Å². The van der Waals surface area contributed by atoms with Gasteiger partial charge in [-0.05, 0) is 101 Å². The Morgan fingerprint density at radius 2 is 1.83 bits per heavy atom. The molecule has 2 aliphatic rings. The van der Waals surface area contributed by atoms with Gasteiger partial charge in [-0.1, -0.05) is 29.8 Å². The van der Waals surface area contributed by atoms with Gasteiger partial charge in [0, 0.05) is 57.2 Å². The van der Waals surface area contributed by atoms with Crippen LogP contribution >= 0.6 is 11.6 Å². The standard InChI is InChI=1S/C26H26ClFN4O.C10H9F2N3O.C4H8O/c1-17-5-8-23-24(13-17)30-25(29-23)15-32-11-9-18(10-12-32)22-3-2-4-26(31-22)33-16-19-6-7-20(27)14-21(19)28;1-5-7-2-6(13-4-16)3-8(10(11)12)9(7)15-14-5;1-4-2-3-5-4/h2-8,13-14,18H,9-12,15-16H2,1H3,(H,29,30);2-4,10H,1H3,(H,13,16)(H,14,15);4H,2-3H2,1H3/t;;4-/m..1/s1. The van der Waals surface area contributed by atoms with E-state index in [4.69, 9.17) is 31.0 Å². The summed E-state index contributed by atoms with van der Waals surface area (Å²) in [4.78, 5) is 25.6. The summed E-state index contributed by atoms with van der Waals surface area (Å²) in [6, 6.07) is 19.6. The normalized spacial score (nSPS) is 16.0. The molecule has 14 heteroatoms. The van der Waals surface area contributed by atoms with E-state index in [-0.39, 0.29) is 23.5 Å². The summed E-state index contributed by atoms with van der Waals surface area (Å²) in [6.45, 7) is 9.82. The minimum Gasteiger partial charge on any atom is -0.473 e. The molecule has 8 rings (SSSR count). The number of carbonyl (C=O) groups is 1. The number of aromatic nitrogens is 5. The van der Waals surface area contributed by atoms with Gasteiger partial charge in [0.15, 0.2) is 0 Å². The van der Waals surface area contributed by atoms with E-state index >= 15 is 0 Å². The van der Waals surface area contributed by atoms with Crippen LogP contribution in [0.1, 0.15) is 72.4 Å². The summed E-state index contributed by atoms with van der Waals surface area (Å²) in [6.07, 6.45) is 1.71. The van der Waals surface area contributed by atoms with Crippen molar-refractivity contribution >= 4 is 45.6 Å². The fraction of sp³-hybridized carbons (Fsp3) is 0.350. The van der Waals surface area contributed by atoms with Crippen molar-refractivity contribution in [1.82, 2.24) is 30.0 Å². The number of H-pyrrole nitrogens is 2. The van der Waals surface area contributed by atoms with Crippen LogP contribution in [0, 0.1) is 19.7 Å². The van der Waals surface area contributed by atoms with Crippen LogP contribution in [0.15, 0.2) is 66.7 Å². The molecule has 6 aromatic rings. The molecule has 0 unspecified atom stereocenters. The molecule has 2 fully saturated rings. The van der Waals surface area contributed by atoms with Gasteiger partial charge in [-0.3, -0.25) is 14.8 Å². The van der Waals surface area contributed by atoms with Crippen LogP contribution in [0.4, 0.5) is 18.9 Å². The summed E-state index contributed by atoms with van der Waals surface area (Å²) >= 11 is 5.82. The lowest BCUT2D eigenvalue weighted by Crippen LogP contribution is -2.33. The Morgan fingerprint density at radius 1 is 1.06 bits per heavy atom. The lowest BCUT2D eigenvalue weighted by atomic mass is 9.93. The number of nitrogens with zero attached hydrogens (tertiary/aromatic N) is 4. The number of imidazole rings is 1. The predicted molar refractivity (Wildman–Crippen MR) is 204 cm³/mol. The van der Waals surface area contributed by atoms with Crippen molar-refractivity contribution in [2.75, 3.05) is 25.0 Å². The number of fused-ring (bicyclic) bond motifs is 2. The van der Waals surface area contributed by atoms with E-state index in [1.54, 1.807) is 25.1 Å². The summed E-state index contributed by atoms with van der Waals surface area (Å²) in [7, 11) is 0. The number of hydrogen-bond acceptors (Lipinski definition) is 7. The molecule has 0 radical (unpaired) electrons. The quantitative estimate of drug-likeness (QED) is 0.126. The maximum atomic E-state index is 14.0. The first-order valence-corrected chi connectivity index (χ1v) is 18.2. The van der Waals surface area contributed by atoms with Crippen LogP contribution in [-0.2, 0) is 22.7 Å². The number of halogens is 4. The lowest BCUT2D eigenvalue weighted by molar-refractivity contribution is -0.105. The van der Waals surface area contributed by atoms with Crippen molar-refractivity contribution in [3.05, 3.63) is 111 Å². The lowest BCUT2D eigenvalue weighted by Gasteiger charge is -2.31. The van der Waals surface area contributed by atoms with Gasteiger partial charge < -0.3 is 19.8 Å². The van der Waals surface area contributed by atoms with Crippen molar-refractivity contribution in [1.29, 1.82) is 0 Å². The van der Waals surface area contributed by atoms with Gasteiger partial charge in [-0.2, -0.15) is 5.10 Å². The molecule has 284 valence electrons. The molecule has 1 amide bonds. The highest BCUT2D eigenvalue weighted by molar-refractivity contribution is 6.30. The number of anilines is 1. The zero-order valence-electron chi connectivity index (χ0n) is 30.3. The fourth-order valence-corrected chi connectivity index (χ4v) is 6.48. The second-order valence-electron chi connectivity index (χ2n) is 13.5. The summed E-state index contributed by atoms with van der Waals surface area (Å²) < 4.78 is 50.2. The second kappa shape index (κ2) is 17.9. The number of rotatable bonds is 9. The third kappa shape index (κ3) is 9.95. The Kier molecular flexibility index (Phi) is 12.8. The van der Waals surface area contributed by atoms with Gasteiger partial charge in [0.05, 0.1) is 23.7 Å². The van der Waals surface area contributed by atoms with E-state index in [2.05, 4.69) is 63.5 Å². The molecule has 3 N–H and O–H groups in total. The molecule has 5 heterocycles. The number of pyridine rings is 1. The van der Waals surface area contributed by atoms with E-state index in [9.17, 15) is 18.0 Å². The highest BCUT2D eigenvalue weighted by atomic mass is 35.5. The van der Waals surface area contributed by atoms with Gasteiger partial charge in [0.2, 0.25) is 12.3 Å². The van der Waals surface area contributed by atoms with Crippen LogP contribution < -0.4 is 10.1 Å². The number of piperidine rings is 1. The topological polar surface area (TPSA) is 121 Å². The summed E-state index contributed by atoms with van der Waals surface area (Å²) in [5.74, 6) is 1.54. The molecule has 3 aromatic carbocycles. The molecular formula is C40H43ClF3N7O3. The van der Waals surface area contributed by atoms with E-state index < -0.39 is 6.43 Å². The number of benzene rings is 3. The smallest absolute Gasteiger partial charge is 0.266 e. The monoisotopic (exact) mass is 761 g/mol. The number of aromatic amines is 2. The average molecular weight is 762 g/mol. The Morgan fingerprint density at radius 3 is 2.52 bits per heavy atom.